The maximum atomic E-state index is 13.6. The molecule has 1 aliphatic heterocycles. The second-order valence-corrected chi connectivity index (χ2v) is 9.78. The number of fused-ring (bicyclic) bond motifs is 1. The highest BCUT2D eigenvalue weighted by Gasteiger charge is 2.30. The molecule has 0 atom stereocenters. The molecule has 2 aromatic heterocycles. The zero-order valence-corrected chi connectivity index (χ0v) is 25.1. The first kappa shape index (κ1) is 30.9. The van der Waals surface area contributed by atoms with Crippen LogP contribution in [0, 0.1) is 0 Å². The van der Waals surface area contributed by atoms with E-state index in [1.54, 1.807) is 0 Å². The molecular formula is C27H42ClN10O2+. The fraction of sp³-hybridized carbons (Fsp3) is 0.519. The number of rotatable bonds is 8. The molecule has 0 saturated carbocycles. The minimum atomic E-state index is -0.503. The molecule has 6 N–H and O–H groups in total. The first-order valence-corrected chi connectivity index (χ1v) is 14.2. The zero-order valence-electron chi connectivity index (χ0n) is 24.3. The summed E-state index contributed by atoms with van der Waals surface area (Å²) >= 11 is 5.97. The van der Waals surface area contributed by atoms with Crippen molar-refractivity contribution in [1.82, 2.24) is 30.1 Å². The lowest BCUT2D eigenvalue weighted by Crippen LogP contribution is -2.46. The van der Waals surface area contributed by atoms with Crippen molar-refractivity contribution in [3.05, 3.63) is 34.4 Å². The number of hydrogen-bond acceptors (Lipinski definition) is 8. The second-order valence-electron chi connectivity index (χ2n) is 9.42. The van der Waals surface area contributed by atoms with E-state index in [0.29, 0.717) is 25.2 Å². The predicted octanol–water partition coefficient (Wildman–Crippen LogP) is 2.03. The number of nitrogens with zero attached hydrogens (tertiary/aromatic N) is 6. The van der Waals surface area contributed by atoms with Crippen LogP contribution >= 0.6 is 11.6 Å². The summed E-state index contributed by atoms with van der Waals surface area (Å²) in [4.78, 5) is 38.4. The van der Waals surface area contributed by atoms with Crippen LogP contribution in [0.4, 0.5) is 17.3 Å². The van der Waals surface area contributed by atoms with Crippen LogP contribution in [0.2, 0.25) is 5.15 Å². The van der Waals surface area contributed by atoms with Crippen molar-refractivity contribution >= 4 is 51.8 Å². The van der Waals surface area contributed by atoms with Crippen molar-refractivity contribution in [3.8, 4) is 0 Å². The average molecular weight is 574 g/mol. The summed E-state index contributed by atoms with van der Waals surface area (Å²) in [6.45, 7) is 12.7. The summed E-state index contributed by atoms with van der Waals surface area (Å²) in [5, 5.41) is 6.13. The summed E-state index contributed by atoms with van der Waals surface area (Å²) in [6, 6.07) is 4.06. The Hall–Kier alpha value is -3.64. The van der Waals surface area contributed by atoms with Crippen LogP contribution in [-0.4, -0.2) is 71.5 Å². The SMILES string of the molecule is CC.CCC[n+]1c(CNC(=O)c2nc(Cl)c(N)nc2N)n(CC)c2cc(C(=O)N3CCNCC3)c(N(C)C)cc21. The first-order valence-electron chi connectivity index (χ1n) is 13.8. The molecule has 1 aliphatic rings. The molecule has 1 aromatic carbocycles. The van der Waals surface area contributed by atoms with Gasteiger partial charge in [0, 0.05) is 52.4 Å². The molecule has 3 aromatic rings. The Morgan fingerprint density at radius 2 is 1.80 bits per heavy atom. The number of aromatic nitrogens is 4. The summed E-state index contributed by atoms with van der Waals surface area (Å²) < 4.78 is 4.32. The van der Waals surface area contributed by atoms with Gasteiger partial charge in [0.05, 0.1) is 24.3 Å². The van der Waals surface area contributed by atoms with E-state index in [4.69, 9.17) is 23.1 Å². The van der Waals surface area contributed by atoms with Gasteiger partial charge in [-0.25, -0.2) is 19.1 Å². The number of nitrogen functional groups attached to an aromatic ring is 2. The molecule has 13 heteroatoms. The molecule has 40 heavy (non-hydrogen) atoms. The minimum Gasteiger partial charge on any atom is -0.382 e. The van der Waals surface area contributed by atoms with Gasteiger partial charge >= 0.3 is 0 Å². The monoisotopic (exact) mass is 573 g/mol. The number of amides is 2. The van der Waals surface area contributed by atoms with Crippen molar-refractivity contribution < 1.29 is 14.2 Å². The maximum absolute atomic E-state index is 13.6. The molecule has 1 saturated heterocycles. The van der Waals surface area contributed by atoms with Crippen LogP contribution in [0.5, 0.6) is 0 Å². The highest BCUT2D eigenvalue weighted by molar-refractivity contribution is 6.31. The van der Waals surface area contributed by atoms with Gasteiger partial charge in [-0.3, -0.25) is 9.59 Å². The van der Waals surface area contributed by atoms with Gasteiger partial charge in [-0.05, 0) is 13.3 Å². The molecule has 0 spiro atoms. The highest BCUT2D eigenvalue weighted by Crippen LogP contribution is 2.28. The van der Waals surface area contributed by atoms with Gasteiger partial charge in [-0.15, -0.1) is 0 Å². The van der Waals surface area contributed by atoms with Crippen molar-refractivity contribution in [2.75, 3.05) is 56.6 Å². The van der Waals surface area contributed by atoms with E-state index in [0.717, 1.165) is 48.6 Å². The Morgan fingerprint density at radius 3 is 2.40 bits per heavy atom. The van der Waals surface area contributed by atoms with Crippen LogP contribution < -0.4 is 31.6 Å². The topological polar surface area (TPSA) is 151 Å². The lowest BCUT2D eigenvalue weighted by atomic mass is 10.1. The summed E-state index contributed by atoms with van der Waals surface area (Å²) in [7, 11) is 3.89. The fourth-order valence-corrected chi connectivity index (χ4v) is 5.00. The van der Waals surface area contributed by atoms with Crippen molar-refractivity contribution in [1.29, 1.82) is 0 Å². The van der Waals surface area contributed by atoms with Crippen molar-refractivity contribution in [2.24, 2.45) is 0 Å². The van der Waals surface area contributed by atoms with E-state index < -0.39 is 5.91 Å². The third-order valence-electron chi connectivity index (χ3n) is 6.70. The van der Waals surface area contributed by atoms with Crippen LogP contribution in [0.25, 0.3) is 11.0 Å². The van der Waals surface area contributed by atoms with Crippen molar-refractivity contribution in [2.45, 2.75) is 53.8 Å². The molecule has 0 bridgehead atoms. The molecular weight excluding hydrogens is 532 g/mol. The molecule has 3 heterocycles. The van der Waals surface area contributed by atoms with Gasteiger partial charge in [0.2, 0.25) is 0 Å². The van der Waals surface area contributed by atoms with Crippen LogP contribution in [0.3, 0.4) is 0 Å². The van der Waals surface area contributed by atoms with Gasteiger partial charge in [0.15, 0.2) is 33.5 Å². The minimum absolute atomic E-state index is 0.0205. The number of carbonyl (C=O) groups excluding carboxylic acids is 2. The summed E-state index contributed by atoms with van der Waals surface area (Å²) in [6.07, 6.45) is 0.888. The Morgan fingerprint density at radius 1 is 1.12 bits per heavy atom. The Bertz CT molecular complexity index is 1370. The van der Waals surface area contributed by atoms with E-state index >= 15 is 0 Å². The van der Waals surface area contributed by atoms with E-state index in [1.165, 1.54) is 0 Å². The highest BCUT2D eigenvalue weighted by atomic mass is 35.5. The zero-order chi connectivity index (χ0) is 29.6. The van der Waals surface area contributed by atoms with E-state index in [1.807, 2.05) is 50.7 Å². The number of nitrogens with two attached hydrogens (primary N) is 2. The largest absolute Gasteiger partial charge is 0.382 e. The standard InChI is InChI=1S/C25H35ClN10O2.C2H6/c1-5-9-36-18-13-16(33(3)4)15(25(38)34-10-7-29-8-11-34)12-17(18)35(6-2)19(36)14-30-24(37)20-22(27)32-23(28)21(26)31-20;1-2/h12-13,29H,5-11,14H2,1-4H3,(H4-,27,28,30,32,37);1-2H3/p+1. The van der Waals surface area contributed by atoms with E-state index in [2.05, 4.69) is 42.7 Å². The first-order chi connectivity index (χ1) is 19.2. The fourth-order valence-electron chi connectivity index (χ4n) is 4.87. The molecule has 0 unspecified atom stereocenters. The number of halogens is 1. The molecule has 4 rings (SSSR count). The van der Waals surface area contributed by atoms with Gasteiger partial charge in [0.25, 0.3) is 17.6 Å². The second kappa shape index (κ2) is 13.6. The van der Waals surface area contributed by atoms with Gasteiger partial charge in [-0.2, -0.15) is 0 Å². The number of imidazole rings is 1. The molecule has 1 fully saturated rings. The number of nitrogens with one attached hydrogen (secondary N) is 2. The average Bonchev–Trinajstić information content (AvgIpc) is 3.25. The lowest BCUT2D eigenvalue weighted by Gasteiger charge is -2.29. The smallest absolute Gasteiger partial charge is 0.277 e. The third kappa shape index (κ3) is 6.23. The Balaban J connectivity index is 0.00000216. The summed E-state index contributed by atoms with van der Waals surface area (Å²) in [5.74, 6) is 0.287. The van der Waals surface area contributed by atoms with Crippen LogP contribution in [-0.2, 0) is 19.6 Å². The lowest BCUT2D eigenvalue weighted by molar-refractivity contribution is -0.680. The molecule has 2 amide bonds. The third-order valence-corrected chi connectivity index (χ3v) is 6.98. The molecule has 12 nitrogen and oxygen atoms in total. The summed E-state index contributed by atoms with van der Waals surface area (Å²) in [5.41, 5.74) is 14.9. The number of piperazine rings is 1. The quantitative estimate of drug-likeness (QED) is 0.299. The Labute approximate surface area is 240 Å². The number of aryl methyl sites for hydroxylation is 2. The predicted molar refractivity (Wildman–Crippen MR) is 160 cm³/mol. The number of anilines is 3. The molecule has 0 aliphatic carbocycles. The van der Waals surface area contributed by atoms with E-state index in [9.17, 15) is 9.59 Å². The number of benzene rings is 1. The van der Waals surface area contributed by atoms with Gasteiger partial charge < -0.3 is 31.9 Å². The van der Waals surface area contributed by atoms with Crippen LogP contribution in [0.15, 0.2) is 12.1 Å². The Kier molecular flexibility index (Phi) is 10.5. The maximum Gasteiger partial charge on any atom is 0.277 e. The normalized spacial score (nSPS) is 13.1. The van der Waals surface area contributed by atoms with Gasteiger partial charge in [-0.1, -0.05) is 32.4 Å². The number of carbonyl (C=O) groups is 2. The van der Waals surface area contributed by atoms with Crippen molar-refractivity contribution in [3.63, 3.8) is 0 Å². The van der Waals surface area contributed by atoms with Gasteiger partial charge in [0.1, 0.15) is 6.54 Å². The molecule has 218 valence electrons. The number of hydrogen-bond donors (Lipinski definition) is 4. The van der Waals surface area contributed by atoms with E-state index in [-0.39, 0.29) is 34.9 Å². The van der Waals surface area contributed by atoms with Crippen LogP contribution in [0.1, 0.15) is 60.8 Å². The molecule has 0 radical (unpaired) electrons.